The Labute approximate surface area is 135 Å². The minimum Gasteiger partial charge on any atom is -0.481 e. The third-order valence-electron chi connectivity index (χ3n) is 3.98. The van der Waals surface area contributed by atoms with E-state index >= 15 is 0 Å². The van der Waals surface area contributed by atoms with Gasteiger partial charge in [0.05, 0.1) is 12.5 Å². The summed E-state index contributed by atoms with van der Waals surface area (Å²) < 4.78 is 5.42. The lowest BCUT2D eigenvalue weighted by Crippen LogP contribution is -2.43. The normalized spacial score (nSPS) is 20.6. The van der Waals surface area contributed by atoms with Crippen LogP contribution in [0.5, 0.6) is 5.88 Å². The molecule has 1 aromatic rings. The molecule has 23 heavy (non-hydrogen) atoms. The summed E-state index contributed by atoms with van der Waals surface area (Å²) in [6, 6.07) is 3.43. The predicted molar refractivity (Wildman–Crippen MR) is 84.2 cm³/mol. The molecule has 0 atom stereocenters. The van der Waals surface area contributed by atoms with E-state index in [1.165, 1.54) is 0 Å². The molecule has 0 saturated heterocycles. The first-order valence-electron chi connectivity index (χ1n) is 7.94. The molecule has 7 nitrogen and oxygen atoms in total. The fourth-order valence-corrected chi connectivity index (χ4v) is 2.72. The van der Waals surface area contributed by atoms with Crippen molar-refractivity contribution in [3.05, 3.63) is 23.9 Å². The van der Waals surface area contributed by atoms with Gasteiger partial charge in [-0.15, -0.1) is 0 Å². The summed E-state index contributed by atoms with van der Waals surface area (Å²) in [6.45, 7) is 2.73. The van der Waals surface area contributed by atoms with E-state index < -0.39 is 5.97 Å². The number of rotatable bonds is 6. The second-order valence-corrected chi connectivity index (χ2v) is 5.61. The molecule has 1 aliphatic rings. The topological polar surface area (TPSA) is 101 Å². The Hall–Kier alpha value is -2.31. The van der Waals surface area contributed by atoms with E-state index in [-0.39, 0.29) is 18.0 Å². The van der Waals surface area contributed by atoms with E-state index in [0.717, 1.165) is 5.56 Å². The van der Waals surface area contributed by atoms with Crippen LogP contribution in [0.1, 0.15) is 38.2 Å². The fraction of sp³-hybridized carbons (Fsp3) is 0.562. The monoisotopic (exact) mass is 321 g/mol. The first-order valence-corrected chi connectivity index (χ1v) is 7.94. The predicted octanol–water partition coefficient (Wildman–Crippen LogP) is 1.92. The number of amides is 2. The van der Waals surface area contributed by atoms with Crippen LogP contribution in [-0.2, 0) is 11.3 Å². The van der Waals surface area contributed by atoms with Gasteiger partial charge in [0.25, 0.3) is 0 Å². The van der Waals surface area contributed by atoms with Crippen LogP contribution in [0.15, 0.2) is 18.3 Å². The lowest BCUT2D eigenvalue weighted by Gasteiger charge is -2.26. The SMILES string of the molecule is CCOc1ncccc1CNC(=O)NC1CCC(C(=O)O)CC1. The highest BCUT2D eigenvalue weighted by atomic mass is 16.5. The van der Waals surface area contributed by atoms with Gasteiger partial charge >= 0.3 is 12.0 Å². The first kappa shape index (κ1) is 17.1. The maximum absolute atomic E-state index is 12.0. The Kier molecular flexibility index (Phi) is 6.19. The molecule has 0 radical (unpaired) electrons. The van der Waals surface area contributed by atoms with Gasteiger partial charge in [-0.05, 0) is 38.7 Å². The molecule has 1 aromatic heterocycles. The highest BCUT2D eigenvalue weighted by Crippen LogP contribution is 2.24. The zero-order valence-corrected chi connectivity index (χ0v) is 13.2. The molecule has 1 aliphatic carbocycles. The summed E-state index contributed by atoms with van der Waals surface area (Å²) in [5, 5.41) is 14.7. The van der Waals surface area contributed by atoms with E-state index in [1.54, 1.807) is 12.3 Å². The quantitative estimate of drug-likeness (QED) is 0.743. The molecule has 2 rings (SSSR count). The number of carbonyl (C=O) groups excluding carboxylic acids is 1. The highest BCUT2D eigenvalue weighted by molar-refractivity contribution is 5.74. The van der Waals surface area contributed by atoms with Crippen LogP contribution in [-0.4, -0.2) is 34.7 Å². The van der Waals surface area contributed by atoms with Gasteiger partial charge in [-0.1, -0.05) is 6.07 Å². The van der Waals surface area contributed by atoms with Crippen molar-refractivity contribution in [2.75, 3.05) is 6.61 Å². The Morgan fingerprint density at radius 1 is 1.35 bits per heavy atom. The fourth-order valence-electron chi connectivity index (χ4n) is 2.72. The van der Waals surface area contributed by atoms with Crippen LogP contribution >= 0.6 is 0 Å². The minimum absolute atomic E-state index is 0.0332. The molecule has 0 bridgehead atoms. The molecular formula is C16H23N3O4. The van der Waals surface area contributed by atoms with Gasteiger partial charge in [-0.25, -0.2) is 9.78 Å². The summed E-state index contributed by atoms with van der Waals surface area (Å²) in [5.41, 5.74) is 0.819. The van der Waals surface area contributed by atoms with Crippen molar-refractivity contribution in [3.63, 3.8) is 0 Å². The number of pyridine rings is 1. The van der Waals surface area contributed by atoms with Gasteiger partial charge in [0.15, 0.2) is 0 Å². The van der Waals surface area contributed by atoms with Crippen molar-refractivity contribution in [2.45, 2.75) is 45.2 Å². The Balaban J connectivity index is 1.77. The zero-order valence-electron chi connectivity index (χ0n) is 13.2. The van der Waals surface area contributed by atoms with Gasteiger partial charge < -0.3 is 20.5 Å². The lowest BCUT2D eigenvalue weighted by atomic mass is 9.86. The molecule has 3 N–H and O–H groups in total. The number of carboxylic acids is 1. The molecule has 0 unspecified atom stereocenters. The molecule has 0 spiro atoms. The number of hydrogen-bond acceptors (Lipinski definition) is 4. The van der Waals surface area contributed by atoms with E-state index in [0.29, 0.717) is 44.7 Å². The van der Waals surface area contributed by atoms with Gasteiger partial charge in [0.1, 0.15) is 0 Å². The number of aromatic nitrogens is 1. The van der Waals surface area contributed by atoms with Crippen molar-refractivity contribution in [1.82, 2.24) is 15.6 Å². The second kappa shape index (κ2) is 8.36. The van der Waals surface area contributed by atoms with Gasteiger partial charge in [-0.2, -0.15) is 0 Å². The van der Waals surface area contributed by atoms with Crippen LogP contribution in [0.25, 0.3) is 0 Å². The number of ether oxygens (including phenoxy) is 1. The molecular weight excluding hydrogens is 298 g/mol. The molecule has 2 amide bonds. The Morgan fingerprint density at radius 3 is 2.74 bits per heavy atom. The number of urea groups is 1. The van der Waals surface area contributed by atoms with Crippen molar-refractivity contribution in [3.8, 4) is 5.88 Å². The Morgan fingerprint density at radius 2 is 2.09 bits per heavy atom. The van der Waals surface area contributed by atoms with Crippen LogP contribution < -0.4 is 15.4 Å². The molecule has 1 saturated carbocycles. The maximum atomic E-state index is 12.0. The third-order valence-corrected chi connectivity index (χ3v) is 3.98. The van der Waals surface area contributed by atoms with Crippen molar-refractivity contribution in [2.24, 2.45) is 5.92 Å². The van der Waals surface area contributed by atoms with Crippen molar-refractivity contribution >= 4 is 12.0 Å². The Bertz CT molecular complexity index is 542. The van der Waals surface area contributed by atoms with Gasteiger partial charge in [0, 0.05) is 24.3 Å². The average molecular weight is 321 g/mol. The average Bonchev–Trinajstić information content (AvgIpc) is 2.55. The number of nitrogens with zero attached hydrogens (tertiary/aromatic N) is 1. The van der Waals surface area contributed by atoms with Crippen molar-refractivity contribution in [1.29, 1.82) is 0 Å². The number of aliphatic carboxylic acids is 1. The summed E-state index contributed by atoms with van der Waals surface area (Å²) in [6.07, 6.45) is 4.26. The molecule has 1 fully saturated rings. The molecule has 126 valence electrons. The van der Waals surface area contributed by atoms with Crippen LogP contribution in [0.2, 0.25) is 0 Å². The van der Waals surface area contributed by atoms with Gasteiger partial charge in [-0.3, -0.25) is 4.79 Å². The second-order valence-electron chi connectivity index (χ2n) is 5.61. The lowest BCUT2D eigenvalue weighted by molar-refractivity contribution is -0.142. The smallest absolute Gasteiger partial charge is 0.315 e. The van der Waals surface area contributed by atoms with Crippen molar-refractivity contribution < 1.29 is 19.4 Å². The van der Waals surface area contributed by atoms with Crippen LogP contribution in [0.4, 0.5) is 4.79 Å². The molecule has 7 heteroatoms. The van der Waals surface area contributed by atoms with E-state index in [1.807, 2.05) is 13.0 Å². The zero-order chi connectivity index (χ0) is 16.7. The van der Waals surface area contributed by atoms with E-state index in [4.69, 9.17) is 9.84 Å². The summed E-state index contributed by atoms with van der Waals surface area (Å²) in [7, 11) is 0. The number of hydrogen-bond donors (Lipinski definition) is 3. The first-order chi connectivity index (χ1) is 11.1. The molecule has 0 aromatic carbocycles. The van der Waals surface area contributed by atoms with Crippen LogP contribution in [0.3, 0.4) is 0 Å². The maximum Gasteiger partial charge on any atom is 0.315 e. The van der Waals surface area contributed by atoms with E-state index in [9.17, 15) is 9.59 Å². The minimum atomic E-state index is -0.743. The van der Waals surface area contributed by atoms with Gasteiger partial charge in [0.2, 0.25) is 5.88 Å². The number of carbonyl (C=O) groups is 2. The summed E-state index contributed by atoms with van der Waals surface area (Å²) >= 11 is 0. The standard InChI is InChI=1S/C16H23N3O4/c1-2-23-14-12(4-3-9-17-14)10-18-16(22)19-13-7-5-11(6-8-13)15(20)21/h3-4,9,11,13H,2,5-8,10H2,1H3,(H,20,21)(H2,18,19,22). The highest BCUT2D eigenvalue weighted by Gasteiger charge is 2.26. The molecule has 1 heterocycles. The number of carboxylic acid groups (broad SMARTS) is 1. The van der Waals surface area contributed by atoms with Crippen LogP contribution in [0, 0.1) is 5.92 Å². The largest absolute Gasteiger partial charge is 0.481 e. The summed E-state index contributed by atoms with van der Waals surface area (Å²) in [5.74, 6) is -0.495. The number of nitrogens with one attached hydrogen (secondary N) is 2. The van der Waals surface area contributed by atoms with E-state index in [2.05, 4.69) is 15.6 Å². The summed E-state index contributed by atoms with van der Waals surface area (Å²) in [4.78, 5) is 27.0. The molecule has 0 aliphatic heterocycles. The third kappa shape index (κ3) is 5.12.